The molecule has 9 heteroatoms. The van der Waals surface area contributed by atoms with E-state index in [1.54, 1.807) is 30.3 Å². The van der Waals surface area contributed by atoms with E-state index in [0.717, 1.165) is 25.7 Å². The first kappa shape index (κ1) is 20.9. The van der Waals surface area contributed by atoms with Crippen molar-refractivity contribution in [3.8, 4) is 17.0 Å². The summed E-state index contributed by atoms with van der Waals surface area (Å²) in [7, 11) is 0. The number of nitrogens with one attached hydrogen (secondary N) is 2. The van der Waals surface area contributed by atoms with Crippen LogP contribution in [0.4, 0.5) is 35.0 Å². The van der Waals surface area contributed by atoms with E-state index in [0.29, 0.717) is 23.0 Å². The second kappa shape index (κ2) is 8.79. The summed E-state index contributed by atoms with van der Waals surface area (Å²) in [6.45, 7) is 0. The molecule has 2 aromatic carbocycles. The smallest absolute Gasteiger partial charge is 0.406 e. The lowest BCUT2D eigenvalue weighted by molar-refractivity contribution is -0.274. The quantitative estimate of drug-likeness (QED) is 0.449. The zero-order valence-electron chi connectivity index (χ0n) is 16.4. The highest BCUT2D eigenvalue weighted by Crippen LogP contribution is 2.30. The molecule has 1 heterocycles. The van der Waals surface area contributed by atoms with Crippen LogP contribution in [0.25, 0.3) is 11.3 Å². The fourth-order valence-electron chi connectivity index (χ4n) is 3.53. The van der Waals surface area contributed by atoms with Crippen LogP contribution in [-0.4, -0.2) is 22.4 Å². The fraction of sp³-hybridized carbons (Fsp3) is 0.273. The van der Waals surface area contributed by atoms with E-state index in [4.69, 9.17) is 0 Å². The van der Waals surface area contributed by atoms with E-state index in [-0.39, 0.29) is 17.5 Å². The van der Waals surface area contributed by atoms with Gasteiger partial charge in [-0.15, -0.1) is 13.2 Å². The highest BCUT2D eigenvalue weighted by molar-refractivity contribution is 5.68. The molecular formula is C22H20F4N4O. The SMILES string of the molecule is Fc1ccccc1Nc1cc(-c2cccc(OC(F)(F)F)c2)nc(NC2CCCC2)n1. The lowest BCUT2D eigenvalue weighted by Gasteiger charge is -2.15. The number of ether oxygens (including phenoxy) is 1. The molecule has 4 rings (SSSR count). The molecule has 1 aromatic heterocycles. The summed E-state index contributed by atoms with van der Waals surface area (Å²) in [5.74, 6) is -0.158. The van der Waals surface area contributed by atoms with Crippen molar-refractivity contribution < 1.29 is 22.3 Å². The summed E-state index contributed by atoms with van der Waals surface area (Å²) in [6, 6.07) is 13.5. The maximum atomic E-state index is 14.1. The summed E-state index contributed by atoms with van der Waals surface area (Å²) in [6.07, 6.45) is -0.614. The number of alkyl halides is 3. The number of para-hydroxylation sites is 1. The number of halogens is 4. The molecule has 1 fully saturated rings. The first-order valence-electron chi connectivity index (χ1n) is 9.89. The van der Waals surface area contributed by atoms with E-state index in [2.05, 4.69) is 25.3 Å². The second-order valence-electron chi connectivity index (χ2n) is 7.27. The monoisotopic (exact) mass is 432 g/mol. The van der Waals surface area contributed by atoms with Crippen molar-refractivity contribution in [1.82, 2.24) is 9.97 Å². The maximum Gasteiger partial charge on any atom is 0.573 e. The molecule has 0 amide bonds. The lowest BCUT2D eigenvalue weighted by Crippen LogP contribution is -2.17. The summed E-state index contributed by atoms with van der Waals surface area (Å²) in [4.78, 5) is 8.91. The Morgan fingerprint density at radius 2 is 1.71 bits per heavy atom. The summed E-state index contributed by atoms with van der Waals surface area (Å²) in [5, 5.41) is 6.20. The summed E-state index contributed by atoms with van der Waals surface area (Å²) >= 11 is 0. The largest absolute Gasteiger partial charge is 0.573 e. The Morgan fingerprint density at radius 1 is 0.935 bits per heavy atom. The number of anilines is 3. The van der Waals surface area contributed by atoms with Gasteiger partial charge in [0.15, 0.2) is 0 Å². The van der Waals surface area contributed by atoms with Gasteiger partial charge in [-0.2, -0.15) is 4.98 Å². The van der Waals surface area contributed by atoms with Crippen LogP contribution >= 0.6 is 0 Å². The van der Waals surface area contributed by atoms with Crippen molar-refractivity contribution in [2.75, 3.05) is 10.6 Å². The molecule has 0 aliphatic heterocycles. The zero-order chi connectivity index (χ0) is 21.8. The molecule has 162 valence electrons. The highest BCUT2D eigenvalue weighted by Gasteiger charge is 2.31. The normalized spacial score (nSPS) is 14.5. The third-order valence-electron chi connectivity index (χ3n) is 4.91. The Balaban J connectivity index is 1.69. The molecule has 5 nitrogen and oxygen atoms in total. The number of hydrogen-bond donors (Lipinski definition) is 2. The van der Waals surface area contributed by atoms with E-state index in [1.165, 1.54) is 24.3 Å². The minimum absolute atomic E-state index is 0.219. The molecule has 0 spiro atoms. The molecule has 0 saturated heterocycles. The molecule has 3 aromatic rings. The van der Waals surface area contributed by atoms with Gasteiger partial charge in [0.25, 0.3) is 0 Å². The molecular weight excluding hydrogens is 412 g/mol. The van der Waals surface area contributed by atoms with Crippen LogP contribution in [-0.2, 0) is 0 Å². The molecule has 1 saturated carbocycles. The van der Waals surface area contributed by atoms with E-state index in [9.17, 15) is 17.6 Å². The molecule has 1 aliphatic rings. The predicted octanol–water partition coefficient (Wildman–Crippen LogP) is 6.28. The number of benzene rings is 2. The third kappa shape index (κ3) is 5.62. The van der Waals surface area contributed by atoms with Crippen molar-refractivity contribution >= 4 is 17.5 Å². The first-order valence-corrected chi connectivity index (χ1v) is 9.89. The van der Waals surface area contributed by atoms with Gasteiger partial charge in [-0.05, 0) is 37.1 Å². The average molecular weight is 432 g/mol. The third-order valence-corrected chi connectivity index (χ3v) is 4.91. The lowest BCUT2D eigenvalue weighted by atomic mass is 10.1. The molecule has 0 atom stereocenters. The van der Waals surface area contributed by atoms with Gasteiger partial charge in [-0.1, -0.05) is 37.1 Å². The topological polar surface area (TPSA) is 59.1 Å². The van der Waals surface area contributed by atoms with E-state index < -0.39 is 12.2 Å². The predicted molar refractivity (Wildman–Crippen MR) is 110 cm³/mol. The number of aromatic nitrogens is 2. The molecule has 2 N–H and O–H groups in total. The Labute approximate surface area is 176 Å². The molecule has 31 heavy (non-hydrogen) atoms. The van der Waals surface area contributed by atoms with Crippen molar-refractivity contribution in [2.45, 2.75) is 38.1 Å². The Hall–Kier alpha value is -3.36. The maximum absolute atomic E-state index is 14.1. The highest BCUT2D eigenvalue weighted by atomic mass is 19.4. The standard InChI is InChI=1S/C22H20F4N4O/c23-17-10-3-4-11-18(17)28-20-13-19(29-21(30-20)27-15-7-1-2-8-15)14-6-5-9-16(12-14)31-22(24,25)26/h3-6,9-13,15H,1-2,7-8H2,(H2,27,28,29,30). The van der Waals surface area contributed by atoms with Gasteiger partial charge in [0.1, 0.15) is 17.4 Å². The van der Waals surface area contributed by atoms with Crippen LogP contribution in [0.1, 0.15) is 25.7 Å². The van der Waals surface area contributed by atoms with Gasteiger partial charge in [0, 0.05) is 17.7 Å². The van der Waals surface area contributed by atoms with Crippen LogP contribution in [0.3, 0.4) is 0 Å². The minimum atomic E-state index is -4.79. The van der Waals surface area contributed by atoms with Crippen molar-refractivity contribution in [2.24, 2.45) is 0 Å². The van der Waals surface area contributed by atoms with Gasteiger partial charge >= 0.3 is 6.36 Å². The van der Waals surface area contributed by atoms with E-state index >= 15 is 0 Å². The Bertz CT molecular complexity index is 1050. The van der Waals surface area contributed by atoms with Crippen molar-refractivity contribution in [3.63, 3.8) is 0 Å². The van der Waals surface area contributed by atoms with Crippen LogP contribution in [0, 0.1) is 5.82 Å². The second-order valence-corrected chi connectivity index (χ2v) is 7.27. The number of rotatable bonds is 6. The van der Waals surface area contributed by atoms with Gasteiger partial charge in [-0.3, -0.25) is 0 Å². The number of hydrogen-bond acceptors (Lipinski definition) is 5. The van der Waals surface area contributed by atoms with Crippen LogP contribution in [0.2, 0.25) is 0 Å². The van der Waals surface area contributed by atoms with Crippen LogP contribution in [0.5, 0.6) is 5.75 Å². The van der Waals surface area contributed by atoms with Crippen LogP contribution < -0.4 is 15.4 Å². The zero-order valence-corrected chi connectivity index (χ0v) is 16.4. The van der Waals surface area contributed by atoms with Gasteiger partial charge in [0.05, 0.1) is 11.4 Å². The van der Waals surface area contributed by atoms with Gasteiger partial charge in [-0.25, -0.2) is 9.37 Å². The van der Waals surface area contributed by atoms with Gasteiger partial charge < -0.3 is 15.4 Å². The summed E-state index contributed by atoms with van der Waals surface area (Å²) in [5.41, 5.74) is 1.02. The summed E-state index contributed by atoms with van der Waals surface area (Å²) < 4.78 is 55.9. The Kier molecular flexibility index (Phi) is 5.92. The molecule has 1 aliphatic carbocycles. The van der Waals surface area contributed by atoms with E-state index in [1.807, 2.05) is 0 Å². The van der Waals surface area contributed by atoms with Crippen molar-refractivity contribution in [1.29, 1.82) is 0 Å². The average Bonchev–Trinajstić information content (AvgIpc) is 3.21. The van der Waals surface area contributed by atoms with Crippen LogP contribution in [0.15, 0.2) is 54.6 Å². The molecule has 0 unspecified atom stereocenters. The fourth-order valence-corrected chi connectivity index (χ4v) is 3.53. The number of nitrogens with zero attached hydrogens (tertiary/aromatic N) is 2. The molecule has 0 bridgehead atoms. The minimum Gasteiger partial charge on any atom is -0.406 e. The Morgan fingerprint density at radius 3 is 2.45 bits per heavy atom. The first-order chi connectivity index (χ1) is 14.9. The molecule has 0 radical (unpaired) electrons. The van der Waals surface area contributed by atoms with Gasteiger partial charge in [0.2, 0.25) is 5.95 Å². The van der Waals surface area contributed by atoms with Crippen molar-refractivity contribution in [3.05, 3.63) is 60.4 Å².